The van der Waals surface area contributed by atoms with Gasteiger partial charge in [-0.2, -0.15) is 0 Å². The van der Waals surface area contributed by atoms with E-state index >= 15 is 0 Å². The first-order chi connectivity index (χ1) is 12.7. The lowest BCUT2D eigenvalue weighted by Crippen LogP contribution is -2.29. The molecule has 4 aromatic rings. The molecule has 0 aliphatic rings. The van der Waals surface area contributed by atoms with Crippen molar-refractivity contribution in [3.63, 3.8) is 0 Å². The summed E-state index contributed by atoms with van der Waals surface area (Å²) in [6.07, 6.45) is 1.57. The molecule has 0 aliphatic carbocycles. The van der Waals surface area contributed by atoms with Crippen LogP contribution < -0.4 is 0 Å². The lowest BCUT2D eigenvalue weighted by Gasteiger charge is -2.21. The Kier molecular flexibility index (Phi) is 4.19. The van der Waals surface area contributed by atoms with Crippen LogP contribution in [0.2, 0.25) is 0 Å². The summed E-state index contributed by atoms with van der Waals surface area (Å²) in [6.45, 7) is 0.514. The molecule has 0 fully saturated rings. The highest BCUT2D eigenvalue weighted by Gasteiger charge is 2.22. The number of phenolic OH excluding ortho intramolecular Hbond substituents is 1. The SMILES string of the molecule is O=C(c1cc2ccccc2o1)N(Cc1ccco1)Cc1ccccc1O. The molecule has 2 aromatic heterocycles. The average Bonchev–Trinajstić information content (AvgIpc) is 3.31. The number of carbonyl (C=O) groups excluding carboxylic acids is 1. The Morgan fingerprint density at radius 3 is 2.54 bits per heavy atom. The molecule has 26 heavy (non-hydrogen) atoms. The predicted molar refractivity (Wildman–Crippen MR) is 96.6 cm³/mol. The molecule has 130 valence electrons. The second-order valence-electron chi connectivity index (χ2n) is 6.02. The minimum atomic E-state index is -0.263. The molecule has 0 radical (unpaired) electrons. The maximum atomic E-state index is 13.1. The molecule has 0 unspecified atom stereocenters. The van der Waals surface area contributed by atoms with Crippen molar-refractivity contribution in [1.29, 1.82) is 0 Å². The lowest BCUT2D eigenvalue weighted by molar-refractivity contribution is 0.0686. The molecule has 5 heteroatoms. The van der Waals surface area contributed by atoms with E-state index in [-0.39, 0.29) is 30.5 Å². The summed E-state index contributed by atoms with van der Waals surface area (Å²) in [6, 6.07) is 19.8. The highest BCUT2D eigenvalue weighted by molar-refractivity contribution is 5.96. The van der Waals surface area contributed by atoms with Gasteiger partial charge in [-0.1, -0.05) is 36.4 Å². The summed E-state index contributed by atoms with van der Waals surface area (Å²) in [4.78, 5) is 14.7. The van der Waals surface area contributed by atoms with E-state index in [1.807, 2.05) is 36.4 Å². The van der Waals surface area contributed by atoms with Gasteiger partial charge >= 0.3 is 0 Å². The molecule has 5 nitrogen and oxygen atoms in total. The van der Waals surface area contributed by atoms with Gasteiger partial charge in [-0.05, 0) is 30.3 Å². The molecule has 0 bridgehead atoms. The van der Waals surface area contributed by atoms with Crippen molar-refractivity contribution in [1.82, 2.24) is 4.90 Å². The first-order valence-corrected chi connectivity index (χ1v) is 8.28. The molecular formula is C21H17NO4. The molecule has 1 amide bonds. The maximum Gasteiger partial charge on any atom is 0.290 e. The number of para-hydroxylation sites is 2. The zero-order chi connectivity index (χ0) is 17.9. The summed E-state index contributed by atoms with van der Waals surface area (Å²) in [5.41, 5.74) is 1.32. The van der Waals surface area contributed by atoms with Crippen molar-refractivity contribution in [2.24, 2.45) is 0 Å². The fourth-order valence-electron chi connectivity index (χ4n) is 2.88. The molecule has 0 spiro atoms. The third-order valence-electron chi connectivity index (χ3n) is 4.20. The van der Waals surface area contributed by atoms with Crippen molar-refractivity contribution in [3.05, 3.63) is 90.1 Å². The van der Waals surface area contributed by atoms with Crippen LogP contribution in [0.15, 0.2) is 81.8 Å². The van der Waals surface area contributed by atoms with E-state index in [2.05, 4.69) is 0 Å². The number of amides is 1. The number of furan rings is 2. The van der Waals surface area contributed by atoms with Gasteiger partial charge in [-0.15, -0.1) is 0 Å². The van der Waals surface area contributed by atoms with Gasteiger partial charge in [0.15, 0.2) is 5.76 Å². The van der Waals surface area contributed by atoms with E-state index in [9.17, 15) is 9.90 Å². The van der Waals surface area contributed by atoms with E-state index in [1.54, 1.807) is 41.5 Å². The third-order valence-corrected chi connectivity index (χ3v) is 4.20. The second-order valence-corrected chi connectivity index (χ2v) is 6.02. The topological polar surface area (TPSA) is 66.8 Å². The van der Waals surface area contributed by atoms with Crippen LogP contribution in [0.25, 0.3) is 11.0 Å². The number of rotatable bonds is 5. The fraction of sp³-hybridized carbons (Fsp3) is 0.0952. The Bertz CT molecular complexity index is 1000. The van der Waals surface area contributed by atoms with E-state index in [4.69, 9.17) is 8.83 Å². The van der Waals surface area contributed by atoms with Gasteiger partial charge < -0.3 is 18.8 Å². The van der Waals surface area contributed by atoms with Gasteiger partial charge in [0.25, 0.3) is 5.91 Å². The normalized spacial score (nSPS) is 10.9. The zero-order valence-electron chi connectivity index (χ0n) is 14.0. The Hall–Kier alpha value is -3.47. The number of nitrogens with zero attached hydrogens (tertiary/aromatic N) is 1. The predicted octanol–water partition coefficient (Wildman–Crippen LogP) is 4.57. The number of hydrogen-bond acceptors (Lipinski definition) is 4. The van der Waals surface area contributed by atoms with Crippen LogP contribution in [0, 0.1) is 0 Å². The molecule has 4 rings (SSSR count). The molecule has 2 aromatic carbocycles. The van der Waals surface area contributed by atoms with Crippen molar-refractivity contribution < 1.29 is 18.7 Å². The average molecular weight is 347 g/mol. The highest BCUT2D eigenvalue weighted by Crippen LogP contribution is 2.24. The first-order valence-electron chi connectivity index (χ1n) is 8.28. The smallest absolute Gasteiger partial charge is 0.290 e. The van der Waals surface area contributed by atoms with E-state index < -0.39 is 0 Å². The molecular weight excluding hydrogens is 330 g/mol. The maximum absolute atomic E-state index is 13.1. The minimum absolute atomic E-state index is 0.148. The second kappa shape index (κ2) is 6.80. The van der Waals surface area contributed by atoms with Gasteiger partial charge in [0.05, 0.1) is 19.4 Å². The highest BCUT2D eigenvalue weighted by atomic mass is 16.3. The number of aromatic hydroxyl groups is 1. The van der Waals surface area contributed by atoms with Crippen molar-refractivity contribution >= 4 is 16.9 Å². The standard InChI is InChI=1S/C21H17NO4/c23-18-9-3-1-7-16(18)13-22(14-17-8-5-11-25-17)21(24)20-12-15-6-2-4-10-19(15)26-20/h1-12,23H,13-14H2. The molecule has 0 saturated carbocycles. The quantitative estimate of drug-likeness (QED) is 0.574. The van der Waals surface area contributed by atoms with Gasteiger partial charge in [-0.3, -0.25) is 4.79 Å². The fourth-order valence-corrected chi connectivity index (χ4v) is 2.88. The van der Waals surface area contributed by atoms with Gasteiger partial charge in [-0.25, -0.2) is 0 Å². The summed E-state index contributed by atoms with van der Waals surface area (Å²) < 4.78 is 11.1. The summed E-state index contributed by atoms with van der Waals surface area (Å²) >= 11 is 0. The van der Waals surface area contributed by atoms with Gasteiger partial charge in [0.2, 0.25) is 0 Å². The third kappa shape index (κ3) is 3.19. The monoisotopic (exact) mass is 347 g/mol. The molecule has 1 N–H and O–H groups in total. The Labute approximate surface area is 150 Å². The van der Waals surface area contributed by atoms with Crippen LogP contribution in [0.5, 0.6) is 5.75 Å². The number of hydrogen-bond donors (Lipinski definition) is 1. The number of benzene rings is 2. The van der Waals surface area contributed by atoms with E-state index in [0.717, 1.165) is 5.39 Å². The summed E-state index contributed by atoms with van der Waals surface area (Å²) in [5.74, 6) is 0.799. The van der Waals surface area contributed by atoms with Crippen molar-refractivity contribution in [3.8, 4) is 5.75 Å². The van der Waals surface area contributed by atoms with Crippen molar-refractivity contribution in [2.45, 2.75) is 13.1 Å². The molecule has 2 heterocycles. The molecule has 0 atom stereocenters. The van der Waals surface area contributed by atoms with Crippen LogP contribution in [0.3, 0.4) is 0 Å². The zero-order valence-corrected chi connectivity index (χ0v) is 14.0. The number of carbonyl (C=O) groups is 1. The van der Waals surface area contributed by atoms with Gasteiger partial charge in [0, 0.05) is 10.9 Å². The van der Waals surface area contributed by atoms with Crippen molar-refractivity contribution in [2.75, 3.05) is 0 Å². The van der Waals surface area contributed by atoms with Gasteiger partial charge in [0.1, 0.15) is 17.1 Å². The summed E-state index contributed by atoms with van der Waals surface area (Å²) in [7, 11) is 0. The van der Waals surface area contributed by atoms with Crippen LogP contribution in [-0.2, 0) is 13.1 Å². The van der Waals surface area contributed by atoms with E-state index in [0.29, 0.717) is 16.9 Å². The van der Waals surface area contributed by atoms with Crippen LogP contribution in [0.4, 0.5) is 0 Å². The molecule has 0 saturated heterocycles. The minimum Gasteiger partial charge on any atom is -0.508 e. The van der Waals surface area contributed by atoms with E-state index in [1.165, 1.54) is 0 Å². The van der Waals surface area contributed by atoms with Crippen LogP contribution >= 0.6 is 0 Å². The Morgan fingerprint density at radius 1 is 0.962 bits per heavy atom. The summed E-state index contributed by atoms with van der Waals surface area (Å²) in [5, 5.41) is 10.9. The molecule has 0 aliphatic heterocycles. The Balaban J connectivity index is 1.66. The van der Waals surface area contributed by atoms with Crippen LogP contribution in [-0.4, -0.2) is 15.9 Å². The van der Waals surface area contributed by atoms with Crippen LogP contribution in [0.1, 0.15) is 21.9 Å². The number of fused-ring (bicyclic) bond motifs is 1. The Morgan fingerprint density at radius 2 is 1.77 bits per heavy atom. The lowest BCUT2D eigenvalue weighted by atomic mass is 10.1. The largest absolute Gasteiger partial charge is 0.508 e. The number of phenols is 1. The first kappa shape index (κ1) is 16.0.